The van der Waals surface area contributed by atoms with Crippen LogP contribution in [0.3, 0.4) is 0 Å². The number of nitrogens with zero attached hydrogens (tertiary/aromatic N) is 1. The Morgan fingerprint density at radius 3 is 2.33 bits per heavy atom. The van der Waals surface area contributed by atoms with Crippen LogP contribution in [0.2, 0.25) is 0 Å². The van der Waals surface area contributed by atoms with Crippen LogP contribution < -0.4 is 5.32 Å². The van der Waals surface area contributed by atoms with Gasteiger partial charge in [0.05, 0.1) is 23.2 Å². The first kappa shape index (κ1) is 20.1. The van der Waals surface area contributed by atoms with E-state index in [9.17, 15) is 14.7 Å². The highest BCUT2D eigenvalue weighted by Crippen LogP contribution is 2.44. The monoisotopic (exact) mass is 422 g/mol. The number of amides is 1. The molecule has 0 unspecified atom stereocenters. The quantitative estimate of drug-likeness (QED) is 0.573. The molecule has 0 radical (unpaired) electrons. The van der Waals surface area contributed by atoms with Gasteiger partial charge in [0.2, 0.25) is 0 Å². The van der Waals surface area contributed by atoms with E-state index in [1.165, 1.54) is 11.3 Å². The van der Waals surface area contributed by atoms with Crippen molar-refractivity contribution in [3.63, 3.8) is 0 Å². The van der Waals surface area contributed by atoms with Crippen molar-refractivity contribution in [2.75, 3.05) is 6.61 Å². The van der Waals surface area contributed by atoms with Gasteiger partial charge in [0, 0.05) is 11.3 Å². The van der Waals surface area contributed by atoms with Gasteiger partial charge in [-0.15, -0.1) is 11.3 Å². The molecule has 2 N–H and O–H groups in total. The lowest BCUT2D eigenvalue weighted by atomic mass is 9.98. The van der Waals surface area contributed by atoms with E-state index in [2.05, 4.69) is 34.6 Å². The Morgan fingerprint density at radius 2 is 1.77 bits per heavy atom. The average Bonchev–Trinajstić information content (AvgIpc) is 3.35. The number of rotatable bonds is 7. The van der Waals surface area contributed by atoms with Crippen LogP contribution in [0.15, 0.2) is 53.9 Å². The second-order valence-electron chi connectivity index (χ2n) is 7.14. The van der Waals surface area contributed by atoms with Gasteiger partial charge in [-0.05, 0) is 28.7 Å². The number of ether oxygens (including phenoxy) is 1. The van der Waals surface area contributed by atoms with Gasteiger partial charge in [-0.1, -0.05) is 55.5 Å². The summed E-state index contributed by atoms with van der Waals surface area (Å²) in [7, 11) is 0. The van der Waals surface area contributed by atoms with Gasteiger partial charge in [0.1, 0.15) is 6.61 Å². The molecule has 1 aromatic heterocycles. The van der Waals surface area contributed by atoms with Gasteiger partial charge < -0.3 is 15.2 Å². The third-order valence-corrected chi connectivity index (χ3v) is 6.25. The van der Waals surface area contributed by atoms with Crippen LogP contribution in [0.25, 0.3) is 11.1 Å². The fourth-order valence-corrected chi connectivity index (χ4v) is 4.63. The van der Waals surface area contributed by atoms with E-state index in [0.717, 1.165) is 33.7 Å². The second kappa shape index (κ2) is 8.67. The van der Waals surface area contributed by atoms with E-state index in [1.807, 2.05) is 31.2 Å². The average molecular weight is 423 g/mol. The predicted molar refractivity (Wildman–Crippen MR) is 115 cm³/mol. The van der Waals surface area contributed by atoms with E-state index in [4.69, 9.17) is 4.74 Å². The normalized spacial score (nSPS) is 13.4. The summed E-state index contributed by atoms with van der Waals surface area (Å²) < 4.78 is 5.54. The Balaban J connectivity index is 1.47. The maximum Gasteiger partial charge on any atom is 0.407 e. The van der Waals surface area contributed by atoms with E-state index in [1.54, 1.807) is 5.38 Å². The largest absolute Gasteiger partial charge is 0.481 e. The van der Waals surface area contributed by atoms with Crippen molar-refractivity contribution in [3.8, 4) is 11.1 Å². The van der Waals surface area contributed by atoms with Crippen LogP contribution in [-0.4, -0.2) is 28.8 Å². The lowest BCUT2D eigenvalue weighted by Crippen LogP contribution is -2.32. The molecule has 2 aromatic carbocycles. The highest BCUT2D eigenvalue weighted by atomic mass is 32.1. The minimum atomic E-state index is -1.01. The number of aryl methyl sites for hydroxylation is 1. The number of carboxylic acids is 1. The van der Waals surface area contributed by atoms with Crippen molar-refractivity contribution in [2.24, 2.45) is 0 Å². The highest BCUT2D eigenvalue weighted by Gasteiger charge is 2.29. The Kier molecular flexibility index (Phi) is 5.81. The summed E-state index contributed by atoms with van der Waals surface area (Å²) in [5.41, 5.74) is 5.11. The third kappa shape index (κ3) is 4.07. The standard InChI is InChI=1S/C23H22N2O4S/c1-2-21-24-20(13-30-21)19(11-22(26)27)25-23(28)29-12-18-16-9-5-3-7-14(16)15-8-4-6-10-17(15)18/h3-10,13,18-19H,2,11-12H2,1H3,(H,25,28)(H,26,27)/t19-/m1/s1. The number of aliphatic carboxylic acids is 1. The molecule has 4 rings (SSSR count). The van der Waals surface area contributed by atoms with Crippen molar-refractivity contribution >= 4 is 23.4 Å². The number of thiazole rings is 1. The molecule has 1 aliphatic carbocycles. The number of carboxylic acid groups (broad SMARTS) is 1. The number of aromatic nitrogens is 1. The van der Waals surface area contributed by atoms with E-state index in [-0.39, 0.29) is 18.9 Å². The first-order valence-corrected chi connectivity index (χ1v) is 10.7. The van der Waals surface area contributed by atoms with Gasteiger partial charge in [0.25, 0.3) is 0 Å². The topological polar surface area (TPSA) is 88.5 Å². The molecule has 6 nitrogen and oxygen atoms in total. The number of benzene rings is 2. The first-order valence-electron chi connectivity index (χ1n) is 9.84. The number of alkyl carbamates (subject to hydrolysis) is 1. The number of hydrogen-bond acceptors (Lipinski definition) is 5. The highest BCUT2D eigenvalue weighted by molar-refractivity contribution is 7.09. The van der Waals surface area contributed by atoms with Gasteiger partial charge in [-0.25, -0.2) is 9.78 Å². The van der Waals surface area contributed by atoms with Crippen molar-refractivity contribution in [1.29, 1.82) is 0 Å². The zero-order chi connectivity index (χ0) is 21.1. The summed E-state index contributed by atoms with van der Waals surface area (Å²) in [6.07, 6.45) is -0.138. The summed E-state index contributed by atoms with van der Waals surface area (Å²) in [4.78, 5) is 28.2. The maximum atomic E-state index is 12.5. The van der Waals surface area contributed by atoms with E-state index in [0.29, 0.717) is 5.69 Å². The molecule has 0 saturated carbocycles. The van der Waals surface area contributed by atoms with E-state index < -0.39 is 18.1 Å². The molecule has 0 saturated heterocycles. The number of carbonyl (C=O) groups is 2. The van der Waals surface area contributed by atoms with Gasteiger partial charge >= 0.3 is 12.1 Å². The molecular formula is C23H22N2O4S. The smallest absolute Gasteiger partial charge is 0.407 e. The number of carbonyl (C=O) groups excluding carboxylic acids is 1. The molecule has 0 fully saturated rings. The predicted octanol–water partition coefficient (Wildman–Crippen LogP) is 4.76. The van der Waals surface area contributed by atoms with Crippen LogP contribution in [0.4, 0.5) is 4.79 Å². The summed E-state index contributed by atoms with van der Waals surface area (Å²) in [5.74, 6) is -1.06. The zero-order valence-electron chi connectivity index (χ0n) is 16.5. The summed E-state index contributed by atoms with van der Waals surface area (Å²) >= 11 is 1.45. The Bertz CT molecular complexity index is 1030. The van der Waals surface area contributed by atoms with Crippen LogP contribution in [0, 0.1) is 0 Å². The Hall–Kier alpha value is -3.19. The Morgan fingerprint density at radius 1 is 1.13 bits per heavy atom. The second-order valence-corrected chi connectivity index (χ2v) is 8.08. The molecule has 7 heteroatoms. The van der Waals surface area contributed by atoms with Crippen LogP contribution in [0.1, 0.15) is 47.1 Å². The minimum Gasteiger partial charge on any atom is -0.481 e. The summed E-state index contributed by atoms with van der Waals surface area (Å²) in [6, 6.07) is 15.5. The first-order chi connectivity index (χ1) is 14.6. The molecule has 30 heavy (non-hydrogen) atoms. The van der Waals surface area contributed by atoms with Crippen molar-refractivity contribution in [1.82, 2.24) is 10.3 Å². The number of nitrogens with one attached hydrogen (secondary N) is 1. The SMILES string of the molecule is CCc1nc([C@@H](CC(=O)O)NC(=O)OCC2c3ccccc3-c3ccccc32)cs1. The lowest BCUT2D eigenvalue weighted by molar-refractivity contribution is -0.137. The minimum absolute atomic E-state index is 0.0490. The van der Waals surface area contributed by atoms with Crippen molar-refractivity contribution in [2.45, 2.75) is 31.7 Å². The van der Waals surface area contributed by atoms with Gasteiger partial charge in [-0.3, -0.25) is 4.79 Å². The van der Waals surface area contributed by atoms with E-state index >= 15 is 0 Å². The fourth-order valence-electron chi connectivity index (χ4n) is 3.83. The molecule has 1 aliphatic rings. The molecule has 1 heterocycles. The van der Waals surface area contributed by atoms with Crippen molar-refractivity contribution in [3.05, 3.63) is 75.7 Å². The zero-order valence-corrected chi connectivity index (χ0v) is 17.3. The molecule has 154 valence electrons. The van der Waals surface area contributed by atoms with Gasteiger partial charge in [0.15, 0.2) is 0 Å². The lowest BCUT2D eigenvalue weighted by Gasteiger charge is -2.18. The fraction of sp³-hybridized carbons (Fsp3) is 0.261. The summed E-state index contributed by atoms with van der Waals surface area (Å²) in [6.45, 7) is 2.16. The molecule has 3 aromatic rings. The van der Waals surface area contributed by atoms with Crippen molar-refractivity contribution < 1.29 is 19.4 Å². The van der Waals surface area contributed by atoms with Crippen LogP contribution in [0.5, 0.6) is 0 Å². The molecule has 0 aliphatic heterocycles. The maximum absolute atomic E-state index is 12.5. The third-order valence-electron chi connectivity index (χ3n) is 5.24. The van der Waals surface area contributed by atoms with Crippen LogP contribution >= 0.6 is 11.3 Å². The molecule has 1 amide bonds. The molecule has 0 bridgehead atoms. The number of hydrogen-bond donors (Lipinski definition) is 2. The Labute approximate surface area is 178 Å². The summed E-state index contributed by atoms with van der Waals surface area (Å²) in [5, 5.41) is 14.6. The molecular weight excluding hydrogens is 400 g/mol. The molecule has 0 spiro atoms. The number of fused-ring (bicyclic) bond motifs is 3. The van der Waals surface area contributed by atoms with Gasteiger partial charge in [-0.2, -0.15) is 0 Å². The van der Waals surface area contributed by atoms with Crippen LogP contribution in [-0.2, 0) is 16.0 Å². The molecule has 1 atom stereocenters.